The summed E-state index contributed by atoms with van der Waals surface area (Å²) in [5.74, 6) is 0. The van der Waals surface area contributed by atoms with E-state index in [1.54, 1.807) is 0 Å². The molecule has 310 valence electrons. The second-order valence-corrected chi connectivity index (χ2v) is 18.8. The van der Waals surface area contributed by atoms with E-state index in [0.29, 0.717) is 0 Å². The molecule has 0 N–H and O–H groups in total. The zero-order valence-corrected chi connectivity index (χ0v) is 36.8. The molecule has 0 radical (unpaired) electrons. The third-order valence-electron chi connectivity index (χ3n) is 14.0. The Morgan fingerprint density at radius 3 is 1.84 bits per heavy atom. The molecule has 0 aliphatic heterocycles. The van der Waals surface area contributed by atoms with Crippen molar-refractivity contribution < 1.29 is 0 Å². The normalized spacial score (nSPS) is 12.2. The topological polar surface area (TPSA) is 35.6 Å². The standard InChI is InChI=1S/C62H36N4S/c1-2-14-40-35-55-50(34-39(40)13-1)46-30-29-44(65-53-21-9-5-16-47(53)59-45-15-4-3-12-38(45)27-31-54(59)65)36-56(46)66(55)43-28-26-37-24-25-41(32-42(37)33-43)61-62(64-52-20-8-7-19-51(52)63-61)49-18-11-23-58-60(49)48-17-6-10-22-57(48)67-58/h1-36H. The van der Waals surface area contributed by atoms with Crippen LogP contribution in [0.4, 0.5) is 0 Å². The minimum atomic E-state index is 0.876. The lowest BCUT2D eigenvalue weighted by molar-refractivity contribution is 1.16. The highest BCUT2D eigenvalue weighted by Gasteiger charge is 2.21. The maximum absolute atomic E-state index is 5.41. The highest BCUT2D eigenvalue weighted by atomic mass is 32.1. The number of aromatic nitrogens is 4. The van der Waals surface area contributed by atoms with Crippen molar-refractivity contribution in [3.8, 4) is 33.9 Å². The molecule has 0 saturated carbocycles. The van der Waals surface area contributed by atoms with E-state index in [0.717, 1.165) is 61.2 Å². The fraction of sp³-hybridized carbons (Fsp3) is 0. The van der Waals surface area contributed by atoms with Gasteiger partial charge in [0.2, 0.25) is 0 Å². The summed E-state index contributed by atoms with van der Waals surface area (Å²) >= 11 is 1.83. The largest absolute Gasteiger partial charge is 0.309 e. The fourth-order valence-electron chi connectivity index (χ4n) is 11.0. The van der Waals surface area contributed by atoms with Crippen LogP contribution in [-0.4, -0.2) is 19.1 Å². The summed E-state index contributed by atoms with van der Waals surface area (Å²) in [6, 6.07) is 79.8. The zero-order chi connectivity index (χ0) is 43.7. The number of hydrogen-bond donors (Lipinski definition) is 0. The molecule has 15 rings (SSSR count). The monoisotopic (exact) mass is 868 g/mol. The minimum Gasteiger partial charge on any atom is -0.309 e. The molecule has 4 nitrogen and oxygen atoms in total. The average Bonchev–Trinajstić information content (AvgIpc) is 4.04. The Balaban J connectivity index is 0.968. The van der Waals surface area contributed by atoms with Crippen LogP contribution < -0.4 is 0 Å². The molecule has 5 heteroatoms. The van der Waals surface area contributed by atoms with Crippen molar-refractivity contribution in [3.63, 3.8) is 0 Å². The molecule has 11 aromatic carbocycles. The van der Waals surface area contributed by atoms with Crippen LogP contribution in [0.5, 0.6) is 0 Å². The molecule has 0 fully saturated rings. The molecular weight excluding hydrogens is 833 g/mol. The third-order valence-corrected chi connectivity index (χ3v) is 15.2. The second-order valence-electron chi connectivity index (χ2n) is 17.7. The number of nitrogens with zero attached hydrogens (tertiary/aromatic N) is 4. The number of hydrogen-bond acceptors (Lipinski definition) is 3. The first kappa shape index (κ1) is 36.7. The van der Waals surface area contributed by atoms with Gasteiger partial charge in [-0.25, -0.2) is 9.97 Å². The SMILES string of the molecule is c1ccc2cc3c(cc2c1)c1ccc(-n2c4ccccc4c4c5ccccc5ccc42)cc1n3-c1ccc2ccc(-c3nc4ccccc4nc3-c3cccc4sc5ccccc5c34)cc2c1. The van der Waals surface area contributed by atoms with E-state index >= 15 is 0 Å². The van der Waals surface area contributed by atoms with Gasteiger partial charge in [0.15, 0.2) is 0 Å². The lowest BCUT2D eigenvalue weighted by Crippen LogP contribution is -1.98. The van der Waals surface area contributed by atoms with Crippen LogP contribution in [0.1, 0.15) is 0 Å². The van der Waals surface area contributed by atoms with E-state index in [-0.39, 0.29) is 0 Å². The Hall–Kier alpha value is -8.64. The van der Waals surface area contributed by atoms with E-state index in [1.807, 2.05) is 23.5 Å². The highest BCUT2D eigenvalue weighted by Crippen LogP contribution is 2.44. The van der Waals surface area contributed by atoms with Crippen molar-refractivity contribution in [1.29, 1.82) is 0 Å². The van der Waals surface area contributed by atoms with Crippen molar-refractivity contribution in [1.82, 2.24) is 19.1 Å². The van der Waals surface area contributed by atoms with Gasteiger partial charge in [0.1, 0.15) is 0 Å². The number of rotatable bonds is 4. The van der Waals surface area contributed by atoms with Gasteiger partial charge in [0.05, 0.1) is 44.5 Å². The first-order valence-corrected chi connectivity index (χ1v) is 23.6. The van der Waals surface area contributed by atoms with E-state index < -0.39 is 0 Å². The Morgan fingerprint density at radius 1 is 0.313 bits per heavy atom. The highest BCUT2D eigenvalue weighted by molar-refractivity contribution is 7.25. The van der Waals surface area contributed by atoms with Crippen molar-refractivity contribution >= 4 is 118 Å². The van der Waals surface area contributed by atoms with Gasteiger partial charge < -0.3 is 9.13 Å². The number of benzene rings is 11. The molecule has 4 heterocycles. The van der Waals surface area contributed by atoms with E-state index in [1.165, 1.54) is 79.8 Å². The summed E-state index contributed by atoms with van der Waals surface area (Å²) in [5, 5.41) is 14.7. The number of fused-ring (bicyclic) bond motifs is 14. The van der Waals surface area contributed by atoms with Crippen LogP contribution in [0, 0.1) is 0 Å². The molecular formula is C62H36N4S. The van der Waals surface area contributed by atoms with Gasteiger partial charge in [-0.3, -0.25) is 0 Å². The number of thiophene rings is 1. The molecule has 15 aromatic rings. The van der Waals surface area contributed by atoms with E-state index in [9.17, 15) is 0 Å². The Morgan fingerprint density at radius 2 is 0.955 bits per heavy atom. The van der Waals surface area contributed by atoms with Gasteiger partial charge in [-0.05, 0) is 111 Å². The number of para-hydroxylation sites is 3. The smallest absolute Gasteiger partial charge is 0.0979 e. The second kappa shape index (κ2) is 13.9. The van der Waals surface area contributed by atoms with Crippen LogP contribution in [0.15, 0.2) is 218 Å². The summed E-state index contributed by atoms with van der Waals surface area (Å²) < 4.78 is 7.44. The van der Waals surface area contributed by atoms with Crippen molar-refractivity contribution in [2.24, 2.45) is 0 Å². The van der Waals surface area contributed by atoms with Crippen LogP contribution in [0.25, 0.3) is 141 Å². The maximum Gasteiger partial charge on any atom is 0.0979 e. The van der Waals surface area contributed by atoms with Crippen LogP contribution in [0.3, 0.4) is 0 Å². The maximum atomic E-state index is 5.41. The predicted octanol–water partition coefficient (Wildman–Crippen LogP) is 17.0. The van der Waals surface area contributed by atoms with E-state index in [4.69, 9.17) is 9.97 Å². The summed E-state index contributed by atoms with van der Waals surface area (Å²) in [4.78, 5) is 10.8. The van der Waals surface area contributed by atoms with Crippen LogP contribution in [0.2, 0.25) is 0 Å². The van der Waals surface area contributed by atoms with Crippen molar-refractivity contribution in [2.75, 3.05) is 0 Å². The summed E-state index contributed by atoms with van der Waals surface area (Å²) in [5.41, 5.74) is 12.6. The van der Waals surface area contributed by atoms with Crippen LogP contribution >= 0.6 is 11.3 Å². The lowest BCUT2D eigenvalue weighted by atomic mass is 9.97. The fourth-order valence-corrected chi connectivity index (χ4v) is 12.1. The minimum absolute atomic E-state index is 0.876. The summed E-state index contributed by atoms with van der Waals surface area (Å²) in [7, 11) is 0. The molecule has 0 amide bonds. The quantitative estimate of drug-likeness (QED) is 0.177. The van der Waals surface area contributed by atoms with Crippen LogP contribution in [-0.2, 0) is 0 Å². The van der Waals surface area contributed by atoms with Crippen molar-refractivity contribution in [2.45, 2.75) is 0 Å². The van der Waals surface area contributed by atoms with Gasteiger partial charge >= 0.3 is 0 Å². The van der Waals surface area contributed by atoms with Gasteiger partial charge in [-0.2, -0.15) is 0 Å². The van der Waals surface area contributed by atoms with Gasteiger partial charge in [-0.15, -0.1) is 11.3 Å². The molecule has 0 saturated heterocycles. The molecule has 0 aliphatic carbocycles. The van der Waals surface area contributed by atoms with Gasteiger partial charge in [-0.1, -0.05) is 140 Å². The first-order valence-electron chi connectivity index (χ1n) is 22.8. The first-order chi connectivity index (χ1) is 33.2. The Labute approximate surface area is 387 Å². The van der Waals surface area contributed by atoms with Crippen molar-refractivity contribution in [3.05, 3.63) is 218 Å². The summed E-state index contributed by atoms with van der Waals surface area (Å²) in [6.45, 7) is 0. The molecule has 0 aliphatic rings. The summed E-state index contributed by atoms with van der Waals surface area (Å²) in [6.07, 6.45) is 0. The Kier molecular flexibility index (Phi) is 7.63. The lowest BCUT2D eigenvalue weighted by Gasteiger charge is -2.14. The molecule has 0 atom stereocenters. The molecule has 0 unspecified atom stereocenters. The molecule has 0 spiro atoms. The molecule has 0 bridgehead atoms. The molecule has 4 aromatic heterocycles. The Bertz CT molecular complexity index is 4590. The van der Waals surface area contributed by atoms with E-state index in [2.05, 4.69) is 215 Å². The van der Waals surface area contributed by atoms with Gasteiger partial charge in [0.25, 0.3) is 0 Å². The third kappa shape index (κ3) is 5.40. The average molecular weight is 869 g/mol. The molecule has 67 heavy (non-hydrogen) atoms. The zero-order valence-electron chi connectivity index (χ0n) is 36.0. The predicted molar refractivity (Wildman–Crippen MR) is 284 cm³/mol. The van der Waals surface area contributed by atoms with Gasteiger partial charge in [0, 0.05) is 64.2 Å².